The second kappa shape index (κ2) is 3.96. The molecule has 1 saturated heterocycles. The summed E-state index contributed by atoms with van der Waals surface area (Å²) >= 11 is 0. The van der Waals surface area contributed by atoms with Gasteiger partial charge in [-0.1, -0.05) is 0 Å². The van der Waals surface area contributed by atoms with E-state index in [0.717, 1.165) is 13.1 Å². The molecule has 1 aliphatic carbocycles. The smallest absolute Gasteiger partial charge is 0.153 e. The van der Waals surface area contributed by atoms with Crippen LogP contribution in [0.5, 0.6) is 0 Å². The molecule has 0 aromatic carbocycles. The molecule has 0 bridgehead atoms. The molecule has 0 unspecified atom stereocenters. The van der Waals surface area contributed by atoms with Crippen LogP contribution in [-0.2, 0) is 9.84 Å². The summed E-state index contributed by atoms with van der Waals surface area (Å²) in [6.07, 6.45) is 2.52. The Bertz CT molecular complexity index is 354. The largest absolute Gasteiger partial charge is 0.323 e. The Kier molecular flexibility index (Phi) is 3.05. The fourth-order valence-corrected chi connectivity index (χ4v) is 3.34. The van der Waals surface area contributed by atoms with E-state index in [2.05, 4.69) is 4.90 Å². The maximum Gasteiger partial charge on any atom is 0.153 e. The van der Waals surface area contributed by atoms with Gasteiger partial charge in [0.15, 0.2) is 9.84 Å². The number of nitrogens with two attached hydrogens (primary N) is 1. The van der Waals surface area contributed by atoms with Crippen molar-refractivity contribution in [2.75, 3.05) is 25.4 Å². The quantitative estimate of drug-likeness (QED) is 0.754. The van der Waals surface area contributed by atoms with Gasteiger partial charge in [0.05, 0.1) is 11.0 Å². The summed E-state index contributed by atoms with van der Waals surface area (Å²) in [7, 11) is -2.89. The first-order valence-electron chi connectivity index (χ1n) is 6.06. The van der Waals surface area contributed by atoms with E-state index < -0.39 is 9.84 Å². The molecule has 0 atom stereocenters. The summed E-state index contributed by atoms with van der Waals surface area (Å²) < 4.78 is 23.2. The van der Waals surface area contributed by atoms with Gasteiger partial charge >= 0.3 is 0 Å². The maximum atomic E-state index is 11.6. The third-order valence-corrected chi connectivity index (χ3v) is 6.02. The highest BCUT2D eigenvalue weighted by Crippen LogP contribution is 2.42. The molecule has 0 radical (unpaired) electrons. The van der Waals surface area contributed by atoms with Crippen molar-refractivity contribution in [1.29, 1.82) is 0 Å². The first-order valence-corrected chi connectivity index (χ1v) is 7.78. The number of likely N-dealkylation sites (tertiary alicyclic amines) is 1. The van der Waals surface area contributed by atoms with Crippen LogP contribution in [0.4, 0.5) is 0 Å². The predicted octanol–water partition coefficient (Wildman–Crippen LogP) is 0.233. The fourth-order valence-electron chi connectivity index (χ4n) is 2.35. The van der Waals surface area contributed by atoms with Crippen molar-refractivity contribution in [3.8, 4) is 0 Å². The minimum Gasteiger partial charge on any atom is -0.323 e. The highest BCUT2D eigenvalue weighted by atomic mass is 32.2. The van der Waals surface area contributed by atoms with Gasteiger partial charge in [-0.2, -0.15) is 0 Å². The standard InChI is InChI=1S/C11H22N2O2S/c1-9(2)16(14,15)6-5-13-7-11(12,8-13)10-3-4-10/h9-10H,3-8,12H2,1-2H3. The van der Waals surface area contributed by atoms with Gasteiger partial charge in [-0.3, -0.25) is 4.90 Å². The first kappa shape index (κ1) is 12.3. The molecule has 4 nitrogen and oxygen atoms in total. The summed E-state index contributed by atoms with van der Waals surface area (Å²) in [5.41, 5.74) is 6.21. The molecule has 2 aliphatic rings. The zero-order valence-corrected chi connectivity index (χ0v) is 11.0. The van der Waals surface area contributed by atoms with Crippen molar-refractivity contribution in [2.45, 2.75) is 37.5 Å². The molecule has 0 aromatic rings. The third-order valence-electron chi connectivity index (χ3n) is 3.84. The Morgan fingerprint density at radius 3 is 2.38 bits per heavy atom. The van der Waals surface area contributed by atoms with Crippen molar-refractivity contribution >= 4 is 9.84 Å². The molecular weight excluding hydrogens is 224 g/mol. The van der Waals surface area contributed by atoms with Crippen LogP contribution >= 0.6 is 0 Å². The molecule has 2 fully saturated rings. The van der Waals surface area contributed by atoms with E-state index in [-0.39, 0.29) is 16.5 Å². The van der Waals surface area contributed by atoms with Gasteiger partial charge in [-0.25, -0.2) is 8.42 Å². The summed E-state index contributed by atoms with van der Waals surface area (Å²) in [5.74, 6) is 0.969. The monoisotopic (exact) mass is 246 g/mol. The lowest BCUT2D eigenvalue weighted by Crippen LogP contribution is -2.69. The average molecular weight is 246 g/mol. The van der Waals surface area contributed by atoms with Gasteiger partial charge in [0, 0.05) is 25.2 Å². The minimum absolute atomic E-state index is 0.00158. The molecule has 5 heteroatoms. The van der Waals surface area contributed by atoms with Crippen LogP contribution in [0.3, 0.4) is 0 Å². The van der Waals surface area contributed by atoms with Crippen LogP contribution in [-0.4, -0.2) is 49.5 Å². The van der Waals surface area contributed by atoms with E-state index in [1.165, 1.54) is 12.8 Å². The van der Waals surface area contributed by atoms with E-state index in [1.54, 1.807) is 13.8 Å². The van der Waals surface area contributed by atoms with E-state index in [4.69, 9.17) is 5.73 Å². The van der Waals surface area contributed by atoms with Crippen molar-refractivity contribution in [3.05, 3.63) is 0 Å². The molecule has 1 saturated carbocycles. The minimum atomic E-state index is -2.89. The molecule has 2 rings (SSSR count). The highest BCUT2D eigenvalue weighted by Gasteiger charge is 2.50. The Hall–Kier alpha value is -0.130. The topological polar surface area (TPSA) is 63.4 Å². The Morgan fingerprint density at radius 1 is 1.38 bits per heavy atom. The Morgan fingerprint density at radius 2 is 1.94 bits per heavy atom. The zero-order valence-electron chi connectivity index (χ0n) is 10.1. The van der Waals surface area contributed by atoms with E-state index in [1.807, 2.05) is 0 Å². The lowest BCUT2D eigenvalue weighted by atomic mass is 9.86. The van der Waals surface area contributed by atoms with Crippen molar-refractivity contribution in [1.82, 2.24) is 4.90 Å². The summed E-state index contributed by atoms with van der Waals surface area (Å²) in [4.78, 5) is 2.16. The Balaban J connectivity index is 1.74. The lowest BCUT2D eigenvalue weighted by Gasteiger charge is -2.48. The second-order valence-electron chi connectivity index (χ2n) is 5.63. The third kappa shape index (κ3) is 2.41. The molecular formula is C11H22N2O2S. The molecule has 0 aromatic heterocycles. The SMILES string of the molecule is CC(C)S(=O)(=O)CCN1CC(N)(C2CC2)C1. The zero-order chi connectivity index (χ0) is 12.0. The van der Waals surface area contributed by atoms with Crippen LogP contribution in [0.2, 0.25) is 0 Å². The van der Waals surface area contributed by atoms with Crippen LogP contribution in [0.15, 0.2) is 0 Å². The number of sulfone groups is 1. The number of nitrogens with zero attached hydrogens (tertiary/aromatic N) is 1. The van der Waals surface area contributed by atoms with Gasteiger partial charge in [0.25, 0.3) is 0 Å². The summed E-state index contributed by atoms with van der Waals surface area (Å²) in [5, 5.41) is -0.264. The lowest BCUT2D eigenvalue weighted by molar-refractivity contribution is 0.0609. The Labute approximate surface area is 98.1 Å². The second-order valence-corrected chi connectivity index (χ2v) is 8.31. The normalized spacial score (nSPS) is 25.8. The highest BCUT2D eigenvalue weighted by molar-refractivity contribution is 7.92. The predicted molar refractivity (Wildman–Crippen MR) is 65.0 cm³/mol. The van der Waals surface area contributed by atoms with E-state index in [0.29, 0.717) is 12.5 Å². The molecule has 0 amide bonds. The van der Waals surface area contributed by atoms with Gasteiger partial charge in [0.2, 0.25) is 0 Å². The van der Waals surface area contributed by atoms with Crippen LogP contribution in [0, 0.1) is 5.92 Å². The van der Waals surface area contributed by atoms with Gasteiger partial charge in [-0.15, -0.1) is 0 Å². The number of hydrogen-bond acceptors (Lipinski definition) is 4. The summed E-state index contributed by atoms with van der Waals surface area (Å²) in [6, 6.07) is 0. The van der Waals surface area contributed by atoms with Gasteiger partial charge < -0.3 is 5.73 Å². The molecule has 94 valence electrons. The van der Waals surface area contributed by atoms with Gasteiger partial charge in [-0.05, 0) is 32.6 Å². The molecule has 2 N–H and O–H groups in total. The van der Waals surface area contributed by atoms with Crippen LogP contribution in [0.25, 0.3) is 0 Å². The van der Waals surface area contributed by atoms with Crippen molar-refractivity contribution in [2.24, 2.45) is 11.7 Å². The average Bonchev–Trinajstić information content (AvgIpc) is 2.93. The van der Waals surface area contributed by atoms with Crippen LogP contribution in [0.1, 0.15) is 26.7 Å². The maximum absolute atomic E-state index is 11.6. The molecule has 16 heavy (non-hydrogen) atoms. The fraction of sp³-hybridized carbons (Fsp3) is 1.00. The van der Waals surface area contributed by atoms with Gasteiger partial charge in [0.1, 0.15) is 0 Å². The van der Waals surface area contributed by atoms with Crippen LogP contribution < -0.4 is 5.73 Å². The first-order chi connectivity index (χ1) is 7.33. The molecule has 0 spiro atoms. The van der Waals surface area contributed by atoms with E-state index in [9.17, 15) is 8.42 Å². The van der Waals surface area contributed by atoms with Crippen molar-refractivity contribution in [3.63, 3.8) is 0 Å². The molecule has 1 heterocycles. The number of rotatable bonds is 5. The van der Waals surface area contributed by atoms with E-state index >= 15 is 0 Å². The summed E-state index contributed by atoms with van der Waals surface area (Å²) in [6.45, 7) is 5.88. The molecule has 1 aliphatic heterocycles. The van der Waals surface area contributed by atoms with Crippen molar-refractivity contribution < 1.29 is 8.42 Å². The number of hydrogen-bond donors (Lipinski definition) is 1.